The zero-order valence-corrected chi connectivity index (χ0v) is 16.3. The van der Waals surface area contributed by atoms with Crippen LogP contribution in [0.25, 0.3) is 22.2 Å². The highest BCUT2D eigenvalue weighted by molar-refractivity contribution is 6.07. The van der Waals surface area contributed by atoms with Crippen molar-refractivity contribution in [1.29, 1.82) is 0 Å². The number of carbonyl (C=O) groups excluding carboxylic acids is 1. The van der Waals surface area contributed by atoms with Gasteiger partial charge in [-0.25, -0.2) is 4.98 Å². The van der Waals surface area contributed by atoms with Gasteiger partial charge in [-0.3, -0.25) is 4.79 Å². The van der Waals surface area contributed by atoms with Crippen LogP contribution in [0.4, 0.5) is 0 Å². The van der Waals surface area contributed by atoms with Crippen LogP contribution >= 0.6 is 0 Å². The Hall–Kier alpha value is -2.88. The van der Waals surface area contributed by atoms with Crippen LogP contribution in [0.2, 0.25) is 0 Å². The first kappa shape index (κ1) is 18.5. The second kappa shape index (κ2) is 8.42. The molecule has 0 atom stereocenters. The zero-order chi connectivity index (χ0) is 19.3. The molecule has 144 valence electrons. The van der Waals surface area contributed by atoms with Crippen molar-refractivity contribution >= 4 is 16.8 Å². The van der Waals surface area contributed by atoms with Gasteiger partial charge in [-0.05, 0) is 43.5 Å². The van der Waals surface area contributed by atoms with Gasteiger partial charge < -0.3 is 10.1 Å². The Morgan fingerprint density at radius 2 is 1.93 bits per heavy atom. The lowest BCUT2D eigenvalue weighted by Gasteiger charge is -2.15. The standard InChI is InChI=1S/C24H26N2O2/c1-2-14-28-19-11-7-8-17(15-19)23-16-21(20-12-5-6-13-22(20)26-23)24(27)25-18-9-3-4-10-18/h5-8,11-13,15-16,18H,2-4,9-10,14H2,1H3,(H,25,27). The number of carbonyl (C=O) groups is 1. The molecule has 1 aliphatic rings. The largest absolute Gasteiger partial charge is 0.494 e. The molecule has 4 heteroatoms. The molecule has 0 unspecified atom stereocenters. The summed E-state index contributed by atoms with van der Waals surface area (Å²) in [5.41, 5.74) is 3.26. The molecule has 1 amide bonds. The maximum Gasteiger partial charge on any atom is 0.252 e. The summed E-state index contributed by atoms with van der Waals surface area (Å²) in [6, 6.07) is 18.0. The fourth-order valence-electron chi connectivity index (χ4n) is 3.81. The average molecular weight is 374 g/mol. The minimum absolute atomic E-state index is 0.00913. The Labute approximate surface area is 165 Å². The van der Waals surface area contributed by atoms with Gasteiger partial charge in [0.2, 0.25) is 0 Å². The Bertz CT molecular complexity index is 977. The van der Waals surface area contributed by atoms with E-state index in [1.54, 1.807) is 0 Å². The lowest BCUT2D eigenvalue weighted by molar-refractivity contribution is 0.0939. The molecule has 1 N–H and O–H groups in total. The molecule has 2 aromatic carbocycles. The maximum atomic E-state index is 13.0. The summed E-state index contributed by atoms with van der Waals surface area (Å²) in [5.74, 6) is 0.816. The zero-order valence-electron chi connectivity index (χ0n) is 16.3. The molecule has 0 saturated heterocycles. The molecule has 3 aromatic rings. The molecule has 0 aliphatic heterocycles. The second-order valence-electron chi connectivity index (χ2n) is 7.40. The van der Waals surface area contributed by atoms with Crippen LogP contribution in [0, 0.1) is 0 Å². The smallest absolute Gasteiger partial charge is 0.252 e. The molecule has 0 radical (unpaired) electrons. The van der Waals surface area contributed by atoms with Crippen molar-refractivity contribution < 1.29 is 9.53 Å². The van der Waals surface area contributed by atoms with Crippen molar-refractivity contribution in [3.63, 3.8) is 0 Å². The van der Waals surface area contributed by atoms with E-state index in [0.717, 1.165) is 47.2 Å². The number of aromatic nitrogens is 1. The molecule has 4 nitrogen and oxygen atoms in total. The average Bonchev–Trinajstić information content (AvgIpc) is 3.24. The number of fused-ring (bicyclic) bond motifs is 1. The minimum Gasteiger partial charge on any atom is -0.494 e. The molecule has 1 aromatic heterocycles. The highest BCUT2D eigenvalue weighted by Crippen LogP contribution is 2.28. The first-order valence-electron chi connectivity index (χ1n) is 10.2. The molecule has 0 spiro atoms. The van der Waals surface area contributed by atoms with Gasteiger partial charge in [0.25, 0.3) is 5.91 Å². The molecular formula is C24H26N2O2. The Morgan fingerprint density at radius 3 is 2.75 bits per heavy atom. The third-order valence-corrected chi connectivity index (χ3v) is 5.25. The summed E-state index contributed by atoms with van der Waals surface area (Å²) < 4.78 is 5.76. The number of nitrogens with one attached hydrogen (secondary N) is 1. The normalized spacial score (nSPS) is 14.3. The van der Waals surface area contributed by atoms with E-state index in [9.17, 15) is 4.79 Å². The Balaban J connectivity index is 1.72. The van der Waals surface area contributed by atoms with Crippen LogP contribution in [-0.4, -0.2) is 23.5 Å². The number of pyridine rings is 1. The summed E-state index contributed by atoms with van der Waals surface area (Å²) >= 11 is 0. The van der Waals surface area contributed by atoms with Crippen molar-refractivity contribution in [3.8, 4) is 17.0 Å². The van der Waals surface area contributed by atoms with Crippen molar-refractivity contribution in [3.05, 3.63) is 60.2 Å². The molecule has 0 bridgehead atoms. The van der Waals surface area contributed by atoms with E-state index in [0.29, 0.717) is 12.2 Å². The molecule has 1 heterocycles. The van der Waals surface area contributed by atoms with Gasteiger partial charge in [-0.2, -0.15) is 0 Å². The van der Waals surface area contributed by atoms with Gasteiger partial charge in [0, 0.05) is 17.0 Å². The summed E-state index contributed by atoms with van der Waals surface area (Å²) in [7, 11) is 0. The molecule has 1 aliphatic carbocycles. The van der Waals surface area contributed by atoms with Crippen molar-refractivity contribution in [2.24, 2.45) is 0 Å². The van der Waals surface area contributed by atoms with Crippen molar-refractivity contribution in [2.45, 2.75) is 45.1 Å². The lowest BCUT2D eigenvalue weighted by Crippen LogP contribution is -2.32. The third-order valence-electron chi connectivity index (χ3n) is 5.25. The van der Waals surface area contributed by atoms with Gasteiger partial charge in [-0.15, -0.1) is 0 Å². The van der Waals surface area contributed by atoms with Crippen molar-refractivity contribution in [1.82, 2.24) is 10.3 Å². The van der Waals surface area contributed by atoms with Crippen LogP contribution in [0.5, 0.6) is 5.75 Å². The monoisotopic (exact) mass is 374 g/mol. The van der Waals surface area contributed by atoms with E-state index < -0.39 is 0 Å². The van der Waals surface area contributed by atoms with E-state index in [1.165, 1.54) is 12.8 Å². The van der Waals surface area contributed by atoms with Crippen LogP contribution in [0.15, 0.2) is 54.6 Å². The number of hydrogen-bond acceptors (Lipinski definition) is 3. The van der Waals surface area contributed by atoms with E-state index >= 15 is 0 Å². The van der Waals surface area contributed by atoms with Gasteiger partial charge in [0.15, 0.2) is 0 Å². The minimum atomic E-state index is -0.00913. The number of amides is 1. The van der Waals surface area contributed by atoms with Crippen LogP contribution in [0.1, 0.15) is 49.4 Å². The molecular weight excluding hydrogens is 348 g/mol. The number of benzene rings is 2. The molecule has 1 fully saturated rings. The summed E-state index contributed by atoms with van der Waals surface area (Å²) in [4.78, 5) is 17.8. The topological polar surface area (TPSA) is 51.2 Å². The number of hydrogen-bond donors (Lipinski definition) is 1. The predicted octanol–water partition coefficient (Wildman–Crippen LogP) is 5.36. The fourth-order valence-corrected chi connectivity index (χ4v) is 3.81. The van der Waals surface area contributed by atoms with Crippen molar-refractivity contribution in [2.75, 3.05) is 6.61 Å². The van der Waals surface area contributed by atoms with Gasteiger partial charge >= 0.3 is 0 Å². The maximum absolute atomic E-state index is 13.0. The fraction of sp³-hybridized carbons (Fsp3) is 0.333. The number of para-hydroxylation sites is 1. The van der Waals surface area contributed by atoms with E-state index in [2.05, 4.69) is 12.2 Å². The Morgan fingerprint density at radius 1 is 1.11 bits per heavy atom. The van der Waals surface area contributed by atoms with E-state index in [-0.39, 0.29) is 11.9 Å². The second-order valence-corrected chi connectivity index (χ2v) is 7.40. The summed E-state index contributed by atoms with van der Waals surface area (Å²) in [6.07, 6.45) is 5.48. The van der Waals surface area contributed by atoms with Gasteiger partial charge in [-0.1, -0.05) is 50.1 Å². The van der Waals surface area contributed by atoms with Crippen LogP contribution < -0.4 is 10.1 Å². The SMILES string of the molecule is CCCOc1cccc(-c2cc(C(=O)NC3CCCC3)c3ccccc3n2)c1. The number of ether oxygens (including phenoxy) is 1. The molecule has 28 heavy (non-hydrogen) atoms. The quantitative estimate of drug-likeness (QED) is 0.632. The van der Waals surface area contributed by atoms with E-state index in [1.807, 2.05) is 54.6 Å². The third kappa shape index (κ3) is 4.01. The summed E-state index contributed by atoms with van der Waals surface area (Å²) in [6.45, 7) is 2.77. The highest BCUT2D eigenvalue weighted by Gasteiger charge is 2.20. The molecule has 1 saturated carbocycles. The highest BCUT2D eigenvalue weighted by atomic mass is 16.5. The van der Waals surface area contributed by atoms with Crippen LogP contribution in [-0.2, 0) is 0 Å². The first-order valence-corrected chi connectivity index (χ1v) is 10.2. The van der Waals surface area contributed by atoms with Gasteiger partial charge in [0.05, 0.1) is 23.4 Å². The number of rotatable bonds is 6. The number of nitrogens with zero attached hydrogens (tertiary/aromatic N) is 1. The van der Waals surface area contributed by atoms with E-state index in [4.69, 9.17) is 9.72 Å². The van der Waals surface area contributed by atoms with Crippen LogP contribution in [0.3, 0.4) is 0 Å². The lowest BCUT2D eigenvalue weighted by atomic mass is 10.0. The summed E-state index contributed by atoms with van der Waals surface area (Å²) in [5, 5.41) is 4.10. The van der Waals surface area contributed by atoms with Gasteiger partial charge in [0.1, 0.15) is 5.75 Å². The Kier molecular flexibility index (Phi) is 5.56. The first-order chi connectivity index (χ1) is 13.7. The predicted molar refractivity (Wildman–Crippen MR) is 113 cm³/mol. The molecule has 4 rings (SSSR count).